The quantitative estimate of drug-likeness (QED) is 0.353. The molecule has 0 bridgehead atoms. The number of nitrogens with zero attached hydrogens (tertiary/aromatic N) is 8. The van der Waals surface area contributed by atoms with Gasteiger partial charge in [-0.3, -0.25) is 4.68 Å². The molecule has 1 saturated heterocycles. The monoisotopic (exact) mass is 496 g/mol. The lowest BCUT2D eigenvalue weighted by atomic mass is 10.1. The van der Waals surface area contributed by atoms with Crippen LogP contribution in [0, 0.1) is 11.8 Å². The van der Waals surface area contributed by atoms with Crippen molar-refractivity contribution in [1.82, 2.24) is 29.9 Å². The highest BCUT2D eigenvalue weighted by Gasteiger charge is 2.27. The van der Waals surface area contributed by atoms with E-state index in [1.807, 2.05) is 43.6 Å². The Morgan fingerprint density at radius 2 is 2.03 bits per heavy atom. The highest BCUT2D eigenvalue weighted by molar-refractivity contribution is 5.74. The summed E-state index contributed by atoms with van der Waals surface area (Å²) in [6, 6.07) is 12.9. The molecule has 188 valence electrons. The van der Waals surface area contributed by atoms with Crippen molar-refractivity contribution >= 4 is 23.1 Å². The summed E-state index contributed by atoms with van der Waals surface area (Å²) in [7, 11) is 1.87. The molecule has 0 amide bonds. The average molecular weight is 497 g/mol. The largest absolute Gasteiger partial charge is 0.507 e. The van der Waals surface area contributed by atoms with E-state index >= 15 is 0 Å². The van der Waals surface area contributed by atoms with Gasteiger partial charge in [0, 0.05) is 56.7 Å². The van der Waals surface area contributed by atoms with Crippen LogP contribution in [-0.4, -0.2) is 67.3 Å². The normalized spacial score (nSPS) is 15.2. The Hall–Kier alpha value is -4.85. The van der Waals surface area contributed by atoms with Gasteiger partial charge in [0.05, 0.1) is 17.9 Å². The topological polar surface area (TPSA) is 134 Å². The molecule has 11 nitrogen and oxygen atoms in total. The summed E-state index contributed by atoms with van der Waals surface area (Å²) in [5.41, 5.74) is 8.22. The molecule has 0 unspecified atom stereocenters. The third-order valence-electron chi connectivity index (χ3n) is 6.15. The van der Waals surface area contributed by atoms with Crippen LogP contribution in [0.4, 0.5) is 23.1 Å². The smallest absolute Gasteiger partial charge is 0.206 e. The molecule has 5 rings (SSSR count). The Morgan fingerprint density at radius 1 is 1.16 bits per heavy atom. The van der Waals surface area contributed by atoms with Crippen molar-refractivity contribution < 1.29 is 5.11 Å². The number of aromatic hydroxyl groups is 1. The molecular formula is C26H28N10O. The predicted molar refractivity (Wildman–Crippen MR) is 143 cm³/mol. The van der Waals surface area contributed by atoms with Crippen LogP contribution in [0.15, 0.2) is 54.9 Å². The van der Waals surface area contributed by atoms with E-state index in [2.05, 4.69) is 59.1 Å². The van der Waals surface area contributed by atoms with E-state index < -0.39 is 0 Å². The van der Waals surface area contributed by atoms with Crippen molar-refractivity contribution in [2.24, 2.45) is 7.05 Å². The number of hydrogen-bond donors (Lipinski definition) is 3. The SMILES string of the molecule is C[C@H]1CN(c2ccnc(C#CCNc3ccn(C)n3)n2)CCN1c1cc(-c2ccccc2O)nnc1N. The molecule has 4 N–H and O–H groups in total. The highest BCUT2D eigenvalue weighted by atomic mass is 16.3. The number of aromatic nitrogens is 6. The number of nitrogens with one attached hydrogen (secondary N) is 1. The van der Waals surface area contributed by atoms with Gasteiger partial charge in [-0.25, -0.2) is 9.97 Å². The third-order valence-corrected chi connectivity index (χ3v) is 6.15. The molecule has 1 aromatic carbocycles. The van der Waals surface area contributed by atoms with Crippen molar-refractivity contribution in [3.8, 4) is 28.8 Å². The summed E-state index contributed by atoms with van der Waals surface area (Å²) in [6.07, 6.45) is 3.61. The first-order valence-electron chi connectivity index (χ1n) is 12.0. The van der Waals surface area contributed by atoms with E-state index in [9.17, 15) is 5.11 Å². The number of anilines is 4. The van der Waals surface area contributed by atoms with Crippen LogP contribution in [-0.2, 0) is 7.05 Å². The van der Waals surface area contributed by atoms with Gasteiger partial charge in [0.15, 0.2) is 5.82 Å². The fraction of sp³-hybridized carbons (Fsp3) is 0.269. The molecule has 11 heteroatoms. The summed E-state index contributed by atoms with van der Waals surface area (Å²) >= 11 is 0. The number of benzene rings is 1. The van der Waals surface area contributed by atoms with Crippen molar-refractivity contribution in [1.29, 1.82) is 0 Å². The molecule has 1 atom stereocenters. The molecule has 0 aliphatic carbocycles. The summed E-state index contributed by atoms with van der Waals surface area (Å²) in [5, 5.41) is 26.0. The lowest BCUT2D eigenvalue weighted by Gasteiger charge is -2.41. The summed E-state index contributed by atoms with van der Waals surface area (Å²) < 4.78 is 1.73. The number of piperazine rings is 1. The Morgan fingerprint density at radius 3 is 2.81 bits per heavy atom. The maximum absolute atomic E-state index is 10.2. The van der Waals surface area contributed by atoms with Gasteiger partial charge >= 0.3 is 0 Å². The van der Waals surface area contributed by atoms with Crippen molar-refractivity contribution in [2.75, 3.05) is 47.0 Å². The Bertz CT molecular complexity index is 1460. The Balaban J connectivity index is 1.26. The van der Waals surface area contributed by atoms with Crippen LogP contribution in [0.1, 0.15) is 12.7 Å². The number of hydrogen-bond acceptors (Lipinski definition) is 10. The van der Waals surface area contributed by atoms with Crippen LogP contribution >= 0.6 is 0 Å². The fourth-order valence-corrected chi connectivity index (χ4v) is 4.32. The summed E-state index contributed by atoms with van der Waals surface area (Å²) in [4.78, 5) is 13.4. The van der Waals surface area contributed by atoms with Crippen molar-refractivity contribution in [3.63, 3.8) is 0 Å². The first kappa shape index (κ1) is 23.9. The molecular weight excluding hydrogens is 468 g/mol. The number of phenolic OH excluding ortho intramolecular Hbond substituents is 1. The van der Waals surface area contributed by atoms with Gasteiger partial charge in [0.1, 0.15) is 17.4 Å². The molecule has 4 heterocycles. The second kappa shape index (κ2) is 10.4. The van der Waals surface area contributed by atoms with E-state index in [-0.39, 0.29) is 11.8 Å². The second-order valence-electron chi connectivity index (χ2n) is 8.77. The summed E-state index contributed by atoms with van der Waals surface area (Å²) in [6.45, 7) is 4.78. The molecule has 3 aromatic heterocycles. The lowest BCUT2D eigenvalue weighted by molar-refractivity contribution is 0.477. The molecule has 37 heavy (non-hydrogen) atoms. The number of rotatable bonds is 5. The van der Waals surface area contributed by atoms with Gasteiger partial charge in [-0.1, -0.05) is 18.1 Å². The molecule has 4 aromatic rings. The van der Waals surface area contributed by atoms with Gasteiger partial charge in [0.25, 0.3) is 0 Å². The maximum Gasteiger partial charge on any atom is 0.206 e. The highest BCUT2D eigenvalue weighted by Crippen LogP contribution is 2.33. The van der Waals surface area contributed by atoms with Crippen LogP contribution in [0.2, 0.25) is 0 Å². The van der Waals surface area contributed by atoms with E-state index in [0.717, 1.165) is 37.0 Å². The van der Waals surface area contributed by atoms with E-state index in [1.54, 1.807) is 23.0 Å². The number of para-hydroxylation sites is 1. The standard InChI is InChI=1S/C26H28N10O/c1-18-17-35(25-9-12-29-23(30-25)8-5-11-28-24-10-13-34(2)33-24)14-15-36(18)21-16-20(31-32-26(21)27)19-6-3-4-7-22(19)37/h3-4,6-7,9-10,12-13,16,18,37H,11,14-15,17H2,1-2H3,(H2,27,32)(H,28,33)/t18-/m0/s1. The number of aryl methyl sites for hydroxylation is 1. The van der Waals surface area contributed by atoms with Crippen molar-refractivity contribution in [2.45, 2.75) is 13.0 Å². The fourth-order valence-electron chi connectivity index (χ4n) is 4.32. The molecule has 1 aliphatic rings. The minimum absolute atomic E-state index is 0.129. The van der Waals surface area contributed by atoms with Gasteiger partial charge in [0.2, 0.25) is 5.82 Å². The predicted octanol–water partition coefficient (Wildman–Crippen LogP) is 2.13. The molecule has 1 fully saturated rings. The lowest BCUT2D eigenvalue weighted by Crippen LogP contribution is -2.52. The second-order valence-corrected chi connectivity index (χ2v) is 8.77. The minimum Gasteiger partial charge on any atom is -0.507 e. The van der Waals surface area contributed by atoms with Crippen molar-refractivity contribution in [3.05, 3.63) is 60.7 Å². The molecule has 1 aliphatic heterocycles. The van der Waals surface area contributed by atoms with E-state index in [4.69, 9.17) is 5.73 Å². The average Bonchev–Trinajstić information content (AvgIpc) is 3.32. The Labute approximate surface area is 215 Å². The first-order chi connectivity index (χ1) is 18.0. The zero-order chi connectivity index (χ0) is 25.8. The third kappa shape index (κ3) is 5.38. The summed E-state index contributed by atoms with van der Waals surface area (Å²) in [5.74, 6) is 8.67. The first-order valence-corrected chi connectivity index (χ1v) is 12.0. The minimum atomic E-state index is 0.129. The van der Waals surface area contributed by atoms with Gasteiger partial charge < -0.3 is 26.0 Å². The molecule has 0 spiro atoms. The van der Waals surface area contributed by atoms with Crippen LogP contribution in [0.3, 0.4) is 0 Å². The molecule has 0 radical (unpaired) electrons. The van der Waals surface area contributed by atoms with Crippen LogP contribution in [0.25, 0.3) is 11.3 Å². The van der Waals surface area contributed by atoms with E-state index in [0.29, 0.717) is 29.4 Å². The maximum atomic E-state index is 10.2. The van der Waals surface area contributed by atoms with Crippen LogP contribution < -0.4 is 20.9 Å². The van der Waals surface area contributed by atoms with E-state index in [1.165, 1.54) is 0 Å². The number of nitrogens with two attached hydrogens (primary N) is 1. The van der Waals surface area contributed by atoms with Gasteiger partial charge in [-0.15, -0.1) is 10.2 Å². The Kier molecular flexibility index (Phi) is 6.72. The number of nitrogen functional groups attached to an aromatic ring is 1. The number of phenols is 1. The zero-order valence-electron chi connectivity index (χ0n) is 20.7. The van der Waals surface area contributed by atoms with Crippen LogP contribution in [0.5, 0.6) is 5.75 Å². The molecule has 0 saturated carbocycles. The van der Waals surface area contributed by atoms with Gasteiger partial charge in [-0.05, 0) is 37.1 Å². The zero-order valence-corrected chi connectivity index (χ0v) is 20.7. The van der Waals surface area contributed by atoms with Gasteiger partial charge in [-0.2, -0.15) is 5.10 Å².